The Morgan fingerprint density at radius 1 is 1.24 bits per heavy atom. The van der Waals surface area contributed by atoms with Crippen LogP contribution in [-0.4, -0.2) is 51.4 Å². The van der Waals surface area contributed by atoms with Crippen LogP contribution in [0.2, 0.25) is 0 Å². The van der Waals surface area contributed by atoms with Gasteiger partial charge in [0.15, 0.2) is 0 Å². The summed E-state index contributed by atoms with van der Waals surface area (Å²) >= 11 is 0. The number of nitrogens with one attached hydrogen (secondary N) is 2. The molecule has 1 aliphatic rings. The van der Waals surface area contributed by atoms with Crippen LogP contribution in [0.4, 0.5) is 0 Å². The predicted molar refractivity (Wildman–Crippen MR) is 111 cm³/mol. The number of ether oxygens (including phenoxy) is 2. The first-order valence-corrected chi connectivity index (χ1v) is 9.59. The summed E-state index contributed by atoms with van der Waals surface area (Å²) in [5, 5.41) is 6.23. The first kappa shape index (κ1) is 20.5. The van der Waals surface area contributed by atoms with E-state index < -0.39 is 0 Å². The molecular weight excluding hydrogens is 370 g/mol. The summed E-state index contributed by atoms with van der Waals surface area (Å²) in [6, 6.07) is 12.8. The zero-order chi connectivity index (χ0) is 20.5. The Labute approximate surface area is 170 Å². The first-order valence-electron chi connectivity index (χ1n) is 9.59. The van der Waals surface area contributed by atoms with Gasteiger partial charge in [-0.2, -0.15) is 0 Å². The monoisotopic (exact) mass is 395 g/mol. The Balaban J connectivity index is 1.45. The summed E-state index contributed by atoms with van der Waals surface area (Å²) in [5.41, 5.74) is 2.64. The smallest absolute Gasteiger partial charge is 0.251 e. The van der Waals surface area contributed by atoms with Crippen molar-refractivity contribution in [2.75, 3.05) is 33.4 Å². The van der Waals surface area contributed by atoms with Crippen molar-refractivity contribution in [3.63, 3.8) is 0 Å². The number of aldehydes is 1. The fourth-order valence-electron chi connectivity index (χ4n) is 3.02. The van der Waals surface area contributed by atoms with Crippen molar-refractivity contribution in [2.45, 2.75) is 13.0 Å². The summed E-state index contributed by atoms with van der Waals surface area (Å²) in [5.74, 6) is 1.09. The average Bonchev–Trinajstić information content (AvgIpc) is 3.30. The lowest BCUT2D eigenvalue weighted by Crippen LogP contribution is -2.27. The summed E-state index contributed by atoms with van der Waals surface area (Å²) in [6.45, 7) is 3.14. The highest BCUT2D eigenvalue weighted by Crippen LogP contribution is 2.14. The van der Waals surface area contributed by atoms with Gasteiger partial charge >= 0.3 is 0 Å². The zero-order valence-electron chi connectivity index (χ0n) is 16.4. The van der Waals surface area contributed by atoms with E-state index in [0.717, 1.165) is 37.1 Å². The van der Waals surface area contributed by atoms with Gasteiger partial charge in [0.25, 0.3) is 5.91 Å². The molecule has 0 bridgehead atoms. The number of amides is 1. The summed E-state index contributed by atoms with van der Waals surface area (Å²) in [7, 11) is 1.65. The molecule has 0 aromatic heterocycles. The minimum Gasteiger partial charge on any atom is -0.497 e. The number of nitrogens with zero attached hydrogens (tertiary/aromatic N) is 1. The number of aliphatic imine (C=N–C) groups is 1. The molecule has 1 aliphatic heterocycles. The van der Waals surface area contributed by atoms with Gasteiger partial charge in [0.1, 0.15) is 18.6 Å². The molecule has 0 radical (unpaired) electrons. The van der Waals surface area contributed by atoms with Crippen molar-refractivity contribution in [1.29, 1.82) is 0 Å². The summed E-state index contributed by atoms with van der Waals surface area (Å²) in [4.78, 5) is 27.9. The maximum Gasteiger partial charge on any atom is 0.251 e. The number of hydrogen-bond acceptors (Lipinski definition) is 6. The number of methoxy groups -OCH3 is 1. The van der Waals surface area contributed by atoms with Gasteiger partial charge in [-0.25, -0.2) is 4.99 Å². The molecule has 0 fully saturated rings. The third kappa shape index (κ3) is 5.89. The van der Waals surface area contributed by atoms with Crippen molar-refractivity contribution in [3.05, 3.63) is 64.7 Å². The Bertz CT molecular complexity index is 895. The molecule has 3 rings (SSSR count). The molecule has 29 heavy (non-hydrogen) atoms. The van der Waals surface area contributed by atoms with Crippen LogP contribution in [0.25, 0.3) is 0 Å². The van der Waals surface area contributed by atoms with Crippen LogP contribution in [0, 0.1) is 0 Å². The molecule has 0 unspecified atom stereocenters. The van der Waals surface area contributed by atoms with Crippen LogP contribution >= 0.6 is 0 Å². The second kappa shape index (κ2) is 10.4. The second-order valence-electron chi connectivity index (χ2n) is 6.63. The highest BCUT2D eigenvalue weighted by Gasteiger charge is 2.15. The number of carbonyl (C=O) groups excluding carboxylic acids is 2. The molecular formula is C22H25N3O4. The Kier molecular flexibility index (Phi) is 7.35. The Morgan fingerprint density at radius 2 is 2.14 bits per heavy atom. The van der Waals surface area contributed by atoms with Gasteiger partial charge in [0.05, 0.1) is 13.7 Å². The van der Waals surface area contributed by atoms with Gasteiger partial charge in [-0.3, -0.25) is 9.59 Å². The van der Waals surface area contributed by atoms with Gasteiger partial charge < -0.3 is 20.1 Å². The van der Waals surface area contributed by atoms with Crippen LogP contribution in [0.15, 0.2) is 47.5 Å². The molecule has 0 saturated carbocycles. The normalized spacial score (nSPS) is 12.8. The van der Waals surface area contributed by atoms with E-state index in [4.69, 9.17) is 9.47 Å². The lowest BCUT2D eigenvalue weighted by Gasteiger charge is -2.09. The van der Waals surface area contributed by atoms with Crippen molar-refractivity contribution < 1.29 is 19.1 Å². The van der Waals surface area contributed by atoms with E-state index in [2.05, 4.69) is 15.6 Å². The molecule has 1 heterocycles. The molecule has 0 atom stereocenters. The van der Waals surface area contributed by atoms with Crippen LogP contribution < -0.4 is 15.4 Å². The largest absolute Gasteiger partial charge is 0.497 e. The maximum atomic E-state index is 12.5. The fourth-order valence-corrected chi connectivity index (χ4v) is 3.02. The van der Waals surface area contributed by atoms with E-state index >= 15 is 0 Å². The molecule has 2 aromatic rings. The number of rotatable bonds is 10. The Morgan fingerprint density at radius 3 is 2.90 bits per heavy atom. The van der Waals surface area contributed by atoms with E-state index in [1.165, 1.54) is 0 Å². The van der Waals surface area contributed by atoms with Crippen molar-refractivity contribution >= 4 is 18.1 Å². The molecule has 1 amide bonds. The van der Waals surface area contributed by atoms with E-state index in [9.17, 15) is 9.59 Å². The molecule has 7 nitrogen and oxygen atoms in total. The molecule has 7 heteroatoms. The topological polar surface area (TPSA) is 89.0 Å². The van der Waals surface area contributed by atoms with Crippen molar-refractivity contribution in [2.24, 2.45) is 4.99 Å². The number of benzene rings is 2. The van der Waals surface area contributed by atoms with E-state index in [1.807, 2.05) is 24.3 Å². The molecule has 2 N–H and O–H groups in total. The minimum absolute atomic E-state index is 0.221. The highest BCUT2D eigenvalue weighted by molar-refractivity contribution is 6.02. The van der Waals surface area contributed by atoms with Gasteiger partial charge in [-0.05, 0) is 48.9 Å². The standard InChI is InChI=1S/C22H25N3O4/c1-28-20-5-2-4-16(12-20)14-23-6-3-7-24-21(27)18-10-17(15-26)11-19(13-18)22-25-8-9-29-22/h2,4-5,10-13,15,23H,3,6-9,14H2,1H3,(H,24,27). The van der Waals surface area contributed by atoms with Crippen LogP contribution in [-0.2, 0) is 11.3 Å². The zero-order valence-corrected chi connectivity index (χ0v) is 16.4. The van der Waals surface area contributed by atoms with Gasteiger partial charge in [-0.1, -0.05) is 12.1 Å². The van der Waals surface area contributed by atoms with E-state index in [1.54, 1.807) is 25.3 Å². The van der Waals surface area contributed by atoms with E-state index in [-0.39, 0.29) is 5.91 Å². The molecule has 2 aromatic carbocycles. The fraction of sp³-hybridized carbons (Fsp3) is 0.318. The van der Waals surface area contributed by atoms with Crippen LogP contribution in [0.5, 0.6) is 5.75 Å². The van der Waals surface area contributed by atoms with Gasteiger partial charge in [-0.15, -0.1) is 0 Å². The minimum atomic E-state index is -0.221. The first-order chi connectivity index (χ1) is 14.2. The second-order valence-corrected chi connectivity index (χ2v) is 6.63. The number of hydrogen-bond donors (Lipinski definition) is 2. The van der Waals surface area contributed by atoms with Crippen LogP contribution in [0.1, 0.15) is 38.3 Å². The lowest BCUT2D eigenvalue weighted by molar-refractivity contribution is 0.0953. The van der Waals surface area contributed by atoms with Crippen molar-refractivity contribution in [3.8, 4) is 5.75 Å². The summed E-state index contributed by atoms with van der Waals surface area (Å²) in [6.07, 6.45) is 1.50. The number of carbonyl (C=O) groups is 2. The van der Waals surface area contributed by atoms with Crippen molar-refractivity contribution in [1.82, 2.24) is 10.6 Å². The lowest BCUT2D eigenvalue weighted by atomic mass is 10.1. The third-order valence-electron chi connectivity index (χ3n) is 4.47. The summed E-state index contributed by atoms with van der Waals surface area (Å²) < 4.78 is 10.6. The molecule has 152 valence electrons. The van der Waals surface area contributed by atoms with E-state index in [0.29, 0.717) is 42.3 Å². The molecule has 0 aliphatic carbocycles. The average molecular weight is 395 g/mol. The van der Waals surface area contributed by atoms with Crippen LogP contribution in [0.3, 0.4) is 0 Å². The Hall–Kier alpha value is -3.19. The van der Waals surface area contributed by atoms with Gasteiger partial charge in [0.2, 0.25) is 5.90 Å². The highest BCUT2D eigenvalue weighted by atomic mass is 16.5. The quantitative estimate of drug-likeness (QED) is 0.476. The van der Waals surface area contributed by atoms with Gasteiger partial charge in [0, 0.05) is 29.8 Å². The predicted octanol–water partition coefficient (Wildman–Crippen LogP) is 2.19. The SMILES string of the molecule is COc1cccc(CNCCCNC(=O)c2cc(C=O)cc(C3=NCCO3)c2)c1. The maximum absolute atomic E-state index is 12.5. The molecule has 0 spiro atoms. The molecule has 0 saturated heterocycles. The third-order valence-corrected chi connectivity index (χ3v) is 4.47.